The maximum atomic E-state index is 9.10. The van der Waals surface area contributed by atoms with Crippen LogP contribution in [0.2, 0.25) is 0 Å². The highest BCUT2D eigenvalue weighted by Gasteiger charge is 2.00. The zero-order valence-electron chi connectivity index (χ0n) is 6.50. The van der Waals surface area contributed by atoms with E-state index in [-0.39, 0.29) is 0 Å². The van der Waals surface area contributed by atoms with Gasteiger partial charge in [0.2, 0.25) is 0 Å². The van der Waals surface area contributed by atoms with Gasteiger partial charge in [-0.25, -0.2) is 0 Å². The normalized spacial score (nSPS) is 9.73. The molecule has 0 radical (unpaired) electrons. The lowest BCUT2D eigenvalue weighted by Crippen LogP contribution is -2.09. The minimum absolute atomic E-state index is 0.319. The van der Waals surface area contributed by atoms with Crippen molar-refractivity contribution in [2.24, 2.45) is 0 Å². The summed E-state index contributed by atoms with van der Waals surface area (Å²) in [6.45, 7) is 0. The van der Waals surface area contributed by atoms with E-state index in [1.54, 1.807) is 12.1 Å². The van der Waals surface area contributed by atoms with Gasteiger partial charge in [0, 0.05) is 23.4 Å². The molecular formula is C8H10INO. The number of nitrogens with zero attached hydrogens (tertiary/aromatic N) is 1. The molecule has 0 unspecified atom stereocenters. The molecule has 0 saturated heterocycles. The highest BCUT2D eigenvalue weighted by Crippen LogP contribution is 2.24. The predicted octanol–water partition coefficient (Wildman–Crippen LogP) is 2.06. The summed E-state index contributed by atoms with van der Waals surface area (Å²) < 4.78 is 1.06. The highest BCUT2D eigenvalue weighted by atomic mass is 127. The molecule has 3 heteroatoms. The Bertz CT molecular complexity index is 260. The second-order valence-corrected chi connectivity index (χ2v) is 3.69. The fourth-order valence-electron chi connectivity index (χ4n) is 0.859. The van der Waals surface area contributed by atoms with Gasteiger partial charge in [-0.15, -0.1) is 0 Å². The summed E-state index contributed by atoms with van der Waals surface area (Å²) >= 11 is 2.20. The quantitative estimate of drug-likeness (QED) is 0.784. The van der Waals surface area contributed by atoms with Crippen LogP contribution in [0.25, 0.3) is 0 Å². The van der Waals surface area contributed by atoms with Crippen LogP contribution in [0.3, 0.4) is 0 Å². The Morgan fingerprint density at radius 3 is 2.45 bits per heavy atom. The van der Waals surface area contributed by atoms with Crippen LogP contribution in [0, 0.1) is 3.57 Å². The number of phenols is 1. The van der Waals surface area contributed by atoms with E-state index in [0.29, 0.717) is 5.75 Å². The van der Waals surface area contributed by atoms with Gasteiger partial charge >= 0.3 is 0 Å². The van der Waals surface area contributed by atoms with E-state index in [2.05, 4.69) is 22.6 Å². The van der Waals surface area contributed by atoms with Crippen molar-refractivity contribution < 1.29 is 5.11 Å². The number of hydrogen-bond acceptors (Lipinski definition) is 2. The van der Waals surface area contributed by atoms with Gasteiger partial charge in [-0.2, -0.15) is 0 Å². The van der Waals surface area contributed by atoms with Crippen LogP contribution in [0.4, 0.5) is 5.69 Å². The first-order chi connectivity index (χ1) is 5.11. The molecule has 2 nitrogen and oxygen atoms in total. The number of halogens is 1. The van der Waals surface area contributed by atoms with Crippen molar-refractivity contribution in [1.29, 1.82) is 0 Å². The van der Waals surface area contributed by atoms with Crippen molar-refractivity contribution in [2.75, 3.05) is 19.0 Å². The van der Waals surface area contributed by atoms with Crippen LogP contribution < -0.4 is 4.90 Å². The molecule has 0 aliphatic rings. The SMILES string of the molecule is CN(C)c1ccc(O)cc1I. The summed E-state index contributed by atoms with van der Waals surface area (Å²) in [5, 5.41) is 9.10. The highest BCUT2D eigenvalue weighted by molar-refractivity contribution is 14.1. The minimum atomic E-state index is 0.319. The molecule has 0 aliphatic heterocycles. The summed E-state index contributed by atoms with van der Waals surface area (Å²) in [4.78, 5) is 2.02. The summed E-state index contributed by atoms with van der Waals surface area (Å²) in [7, 11) is 3.96. The average molecular weight is 263 g/mol. The Hall–Kier alpha value is -0.450. The van der Waals surface area contributed by atoms with Crippen molar-refractivity contribution in [3.05, 3.63) is 21.8 Å². The summed E-state index contributed by atoms with van der Waals surface area (Å²) in [5.41, 5.74) is 1.13. The molecule has 1 aromatic rings. The molecule has 0 fully saturated rings. The van der Waals surface area contributed by atoms with E-state index in [1.165, 1.54) is 0 Å². The lowest BCUT2D eigenvalue weighted by molar-refractivity contribution is 0.475. The van der Waals surface area contributed by atoms with Crippen LogP contribution in [-0.4, -0.2) is 19.2 Å². The van der Waals surface area contributed by atoms with Crippen molar-refractivity contribution in [2.45, 2.75) is 0 Å². The van der Waals surface area contributed by atoms with Crippen molar-refractivity contribution in [1.82, 2.24) is 0 Å². The molecule has 1 aromatic carbocycles. The molecule has 0 aromatic heterocycles. The first-order valence-corrected chi connectivity index (χ1v) is 4.35. The third kappa shape index (κ3) is 1.99. The van der Waals surface area contributed by atoms with Crippen LogP contribution >= 0.6 is 22.6 Å². The fourth-order valence-corrected chi connectivity index (χ4v) is 1.84. The number of rotatable bonds is 1. The molecule has 0 saturated carbocycles. The van der Waals surface area contributed by atoms with Crippen molar-refractivity contribution >= 4 is 28.3 Å². The molecule has 1 rings (SSSR count). The molecule has 0 atom stereocenters. The maximum absolute atomic E-state index is 9.10. The Kier molecular flexibility index (Phi) is 2.59. The van der Waals surface area contributed by atoms with Gasteiger partial charge in [-0.05, 0) is 40.8 Å². The van der Waals surface area contributed by atoms with Crippen molar-refractivity contribution in [3.8, 4) is 5.75 Å². The van der Waals surface area contributed by atoms with E-state index in [1.807, 2.05) is 25.1 Å². The number of benzene rings is 1. The molecule has 0 amide bonds. The molecule has 0 bridgehead atoms. The molecule has 1 N–H and O–H groups in total. The number of aromatic hydroxyl groups is 1. The number of anilines is 1. The van der Waals surface area contributed by atoms with E-state index >= 15 is 0 Å². The minimum Gasteiger partial charge on any atom is -0.508 e. The Morgan fingerprint density at radius 2 is 2.00 bits per heavy atom. The number of phenolic OH excluding ortho intramolecular Hbond substituents is 1. The van der Waals surface area contributed by atoms with E-state index in [9.17, 15) is 0 Å². The van der Waals surface area contributed by atoms with E-state index < -0.39 is 0 Å². The molecular weight excluding hydrogens is 253 g/mol. The molecule has 0 spiro atoms. The second kappa shape index (κ2) is 3.30. The smallest absolute Gasteiger partial charge is 0.116 e. The van der Waals surface area contributed by atoms with Gasteiger partial charge in [0.15, 0.2) is 0 Å². The topological polar surface area (TPSA) is 23.5 Å². The lowest BCUT2D eigenvalue weighted by Gasteiger charge is -2.14. The second-order valence-electron chi connectivity index (χ2n) is 2.53. The van der Waals surface area contributed by atoms with Crippen LogP contribution in [0.1, 0.15) is 0 Å². The zero-order valence-corrected chi connectivity index (χ0v) is 8.66. The predicted molar refractivity (Wildman–Crippen MR) is 55.2 cm³/mol. The third-order valence-electron chi connectivity index (χ3n) is 1.41. The lowest BCUT2D eigenvalue weighted by atomic mass is 10.3. The standard InChI is InChI=1S/C8H10INO/c1-10(2)8-4-3-6(11)5-7(8)9/h3-5,11H,1-2H3. The molecule has 60 valence electrons. The largest absolute Gasteiger partial charge is 0.508 e. The van der Waals surface area contributed by atoms with Gasteiger partial charge in [-0.3, -0.25) is 0 Å². The van der Waals surface area contributed by atoms with E-state index in [4.69, 9.17) is 5.11 Å². The van der Waals surface area contributed by atoms with Gasteiger partial charge in [0.05, 0.1) is 0 Å². The van der Waals surface area contributed by atoms with Gasteiger partial charge in [0.1, 0.15) is 5.75 Å². The molecule has 0 heterocycles. The summed E-state index contributed by atoms with van der Waals surface area (Å²) in [5.74, 6) is 0.319. The first-order valence-electron chi connectivity index (χ1n) is 3.27. The number of hydrogen-bond donors (Lipinski definition) is 1. The molecule has 11 heavy (non-hydrogen) atoms. The van der Waals surface area contributed by atoms with Crippen LogP contribution in [0.5, 0.6) is 5.75 Å². The molecule has 0 aliphatic carbocycles. The Labute approximate surface area is 80.0 Å². The Balaban J connectivity index is 3.09. The van der Waals surface area contributed by atoms with Gasteiger partial charge in [-0.1, -0.05) is 0 Å². The monoisotopic (exact) mass is 263 g/mol. The third-order valence-corrected chi connectivity index (χ3v) is 2.28. The Morgan fingerprint density at radius 1 is 1.36 bits per heavy atom. The van der Waals surface area contributed by atoms with E-state index in [0.717, 1.165) is 9.26 Å². The van der Waals surface area contributed by atoms with Gasteiger partial charge in [0.25, 0.3) is 0 Å². The van der Waals surface area contributed by atoms with Gasteiger partial charge < -0.3 is 10.0 Å². The average Bonchev–Trinajstić information content (AvgIpc) is 1.85. The van der Waals surface area contributed by atoms with Crippen LogP contribution in [0.15, 0.2) is 18.2 Å². The summed E-state index contributed by atoms with van der Waals surface area (Å²) in [6, 6.07) is 5.34. The maximum Gasteiger partial charge on any atom is 0.116 e. The fraction of sp³-hybridized carbons (Fsp3) is 0.250. The first kappa shape index (κ1) is 8.64. The zero-order chi connectivity index (χ0) is 8.43. The summed E-state index contributed by atoms with van der Waals surface area (Å²) in [6.07, 6.45) is 0. The van der Waals surface area contributed by atoms with Crippen LogP contribution in [-0.2, 0) is 0 Å². The van der Waals surface area contributed by atoms with Crippen molar-refractivity contribution in [3.63, 3.8) is 0 Å².